The van der Waals surface area contributed by atoms with Gasteiger partial charge in [0.1, 0.15) is 5.82 Å². The van der Waals surface area contributed by atoms with Crippen LogP contribution < -0.4 is 0 Å². The maximum atomic E-state index is 12.0. The van der Waals surface area contributed by atoms with Gasteiger partial charge in [0.25, 0.3) is 0 Å². The molecule has 0 aromatic carbocycles. The molecular formula is C15H25N3O2S. The lowest BCUT2D eigenvalue weighted by Crippen LogP contribution is -2.41. The molecule has 1 aromatic rings. The number of amides is 1. The fraction of sp³-hybridized carbons (Fsp3) is 0.733. The molecule has 1 aliphatic rings. The maximum Gasteiger partial charge on any atom is 0.222 e. The van der Waals surface area contributed by atoms with Gasteiger partial charge in [-0.05, 0) is 19.8 Å². The molecule has 1 fully saturated rings. The summed E-state index contributed by atoms with van der Waals surface area (Å²) in [4.78, 5) is 18.1. The zero-order valence-electron chi connectivity index (χ0n) is 12.8. The summed E-state index contributed by atoms with van der Waals surface area (Å²) in [5.41, 5.74) is 0. The third-order valence-electron chi connectivity index (χ3n) is 3.99. The molecule has 0 unspecified atom stereocenters. The van der Waals surface area contributed by atoms with Gasteiger partial charge < -0.3 is 9.47 Å². The molecule has 0 spiro atoms. The van der Waals surface area contributed by atoms with Crippen molar-refractivity contribution in [2.45, 2.75) is 45.6 Å². The average Bonchev–Trinajstić information content (AvgIpc) is 2.88. The predicted octanol–water partition coefficient (Wildman–Crippen LogP) is 1.73. The highest BCUT2D eigenvalue weighted by molar-refractivity contribution is 7.85. The van der Waals surface area contributed by atoms with E-state index in [0.717, 1.165) is 38.1 Å². The number of aryl methyl sites for hydroxylation is 2. The molecule has 1 aliphatic heterocycles. The highest BCUT2D eigenvalue weighted by Gasteiger charge is 2.19. The van der Waals surface area contributed by atoms with E-state index in [1.807, 2.05) is 24.2 Å². The minimum absolute atomic E-state index is 0.233. The van der Waals surface area contributed by atoms with Crippen LogP contribution in [0.15, 0.2) is 12.4 Å². The minimum Gasteiger partial charge on any atom is -0.341 e. The third-order valence-corrected chi connectivity index (χ3v) is 5.27. The van der Waals surface area contributed by atoms with Crippen LogP contribution in [0.2, 0.25) is 0 Å². The van der Waals surface area contributed by atoms with E-state index in [9.17, 15) is 9.00 Å². The smallest absolute Gasteiger partial charge is 0.222 e. The van der Waals surface area contributed by atoms with Crippen LogP contribution >= 0.6 is 0 Å². The highest BCUT2D eigenvalue weighted by atomic mass is 32.2. The number of carbonyl (C=O) groups is 1. The lowest BCUT2D eigenvalue weighted by molar-refractivity contribution is -0.130. The van der Waals surface area contributed by atoms with Crippen molar-refractivity contribution in [3.8, 4) is 0 Å². The van der Waals surface area contributed by atoms with Crippen LogP contribution in [0.3, 0.4) is 0 Å². The Bertz CT molecular complexity index is 477. The van der Waals surface area contributed by atoms with Gasteiger partial charge in [0.05, 0.1) is 0 Å². The second-order valence-electron chi connectivity index (χ2n) is 5.56. The van der Waals surface area contributed by atoms with E-state index < -0.39 is 10.8 Å². The Hall–Kier alpha value is -1.17. The Morgan fingerprint density at radius 3 is 2.62 bits per heavy atom. The van der Waals surface area contributed by atoms with Crippen molar-refractivity contribution in [3.63, 3.8) is 0 Å². The first-order valence-electron chi connectivity index (χ1n) is 7.77. The molecule has 0 atom stereocenters. The first-order chi connectivity index (χ1) is 10.2. The van der Waals surface area contributed by atoms with Crippen LogP contribution in [0, 0.1) is 6.92 Å². The molecule has 0 saturated carbocycles. The minimum atomic E-state index is -0.706. The predicted molar refractivity (Wildman–Crippen MR) is 84.5 cm³/mol. The van der Waals surface area contributed by atoms with Crippen LogP contribution in [-0.4, -0.2) is 49.2 Å². The molecule has 2 rings (SSSR count). The van der Waals surface area contributed by atoms with Gasteiger partial charge in [-0.15, -0.1) is 0 Å². The first kappa shape index (κ1) is 16.2. The number of carbonyl (C=O) groups excluding carboxylic acids is 1. The van der Waals surface area contributed by atoms with E-state index in [-0.39, 0.29) is 5.91 Å². The molecule has 21 heavy (non-hydrogen) atoms. The number of hydrogen-bond acceptors (Lipinski definition) is 3. The summed E-state index contributed by atoms with van der Waals surface area (Å²) in [5.74, 6) is 2.59. The van der Waals surface area contributed by atoms with Crippen LogP contribution in [0.1, 0.15) is 37.9 Å². The van der Waals surface area contributed by atoms with Crippen molar-refractivity contribution in [1.82, 2.24) is 14.5 Å². The lowest BCUT2D eigenvalue weighted by Gasteiger charge is -2.26. The van der Waals surface area contributed by atoms with Gasteiger partial charge >= 0.3 is 0 Å². The summed E-state index contributed by atoms with van der Waals surface area (Å²) in [6.45, 7) is 4.37. The zero-order valence-corrected chi connectivity index (χ0v) is 13.6. The van der Waals surface area contributed by atoms with Gasteiger partial charge in [0.15, 0.2) is 0 Å². The van der Waals surface area contributed by atoms with Crippen LogP contribution in [0.4, 0.5) is 0 Å². The number of rotatable bonds is 7. The SMILES string of the molecule is Cc1nccn1CCCCCCC(=O)N1CCS(=O)CC1. The standard InChI is InChI=1S/C15H25N3O2S/c1-14-16-7-9-17(14)8-5-3-2-4-6-15(19)18-10-12-21(20)13-11-18/h7,9H,2-6,8,10-13H2,1H3. The zero-order chi connectivity index (χ0) is 15.1. The van der Waals surface area contributed by atoms with Gasteiger partial charge in [-0.2, -0.15) is 0 Å². The average molecular weight is 311 g/mol. The lowest BCUT2D eigenvalue weighted by atomic mass is 10.1. The fourth-order valence-electron chi connectivity index (χ4n) is 2.60. The largest absolute Gasteiger partial charge is 0.341 e. The molecule has 1 aromatic heterocycles. The number of imidazole rings is 1. The van der Waals surface area contributed by atoms with E-state index in [1.165, 1.54) is 0 Å². The Kier molecular flexibility index (Phi) is 6.42. The number of nitrogens with zero attached hydrogens (tertiary/aromatic N) is 3. The Morgan fingerprint density at radius 2 is 1.95 bits per heavy atom. The Morgan fingerprint density at radius 1 is 1.24 bits per heavy atom. The van der Waals surface area contributed by atoms with Crippen molar-refractivity contribution in [2.24, 2.45) is 0 Å². The van der Waals surface area contributed by atoms with Crippen molar-refractivity contribution in [1.29, 1.82) is 0 Å². The molecule has 5 nitrogen and oxygen atoms in total. The number of unbranched alkanes of at least 4 members (excludes halogenated alkanes) is 3. The van der Waals surface area contributed by atoms with E-state index in [0.29, 0.717) is 31.0 Å². The van der Waals surface area contributed by atoms with Gasteiger partial charge in [-0.3, -0.25) is 9.00 Å². The van der Waals surface area contributed by atoms with Crippen molar-refractivity contribution in [3.05, 3.63) is 18.2 Å². The second-order valence-corrected chi connectivity index (χ2v) is 7.26. The van der Waals surface area contributed by atoms with Crippen LogP contribution in [0.5, 0.6) is 0 Å². The fourth-order valence-corrected chi connectivity index (χ4v) is 3.65. The first-order valence-corrected chi connectivity index (χ1v) is 9.26. The van der Waals surface area contributed by atoms with E-state index in [1.54, 1.807) is 0 Å². The van der Waals surface area contributed by atoms with Crippen molar-refractivity contribution >= 4 is 16.7 Å². The summed E-state index contributed by atoms with van der Waals surface area (Å²) in [5, 5.41) is 0. The molecule has 0 radical (unpaired) electrons. The molecule has 1 saturated heterocycles. The normalized spacial score (nSPS) is 16.3. The van der Waals surface area contributed by atoms with Gasteiger partial charge in [-0.25, -0.2) is 4.98 Å². The Balaban J connectivity index is 1.52. The molecule has 6 heteroatoms. The second kappa shape index (κ2) is 8.32. The highest BCUT2D eigenvalue weighted by Crippen LogP contribution is 2.09. The molecule has 0 bridgehead atoms. The van der Waals surface area contributed by atoms with E-state index in [2.05, 4.69) is 9.55 Å². The summed E-state index contributed by atoms with van der Waals surface area (Å²) >= 11 is 0. The van der Waals surface area contributed by atoms with Gasteiger partial charge in [-0.1, -0.05) is 12.8 Å². The quantitative estimate of drug-likeness (QED) is 0.721. The van der Waals surface area contributed by atoms with Crippen LogP contribution in [-0.2, 0) is 22.1 Å². The molecule has 2 heterocycles. The summed E-state index contributed by atoms with van der Waals surface area (Å²) in [7, 11) is -0.706. The third kappa shape index (κ3) is 5.26. The summed E-state index contributed by atoms with van der Waals surface area (Å²) in [6, 6.07) is 0. The maximum absolute atomic E-state index is 12.0. The monoisotopic (exact) mass is 311 g/mol. The topological polar surface area (TPSA) is 55.2 Å². The Labute approximate surface area is 129 Å². The molecule has 118 valence electrons. The summed E-state index contributed by atoms with van der Waals surface area (Å²) < 4.78 is 13.4. The van der Waals surface area contributed by atoms with Crippen LogP contribution in [0.25, 0.3) is 0 Å². The van der Waals surface area contributed by atoms with E-state index >= 15 is 0 Å². The molecule has 0 aliphatic carbocycles. The molecule has 1 amide bonds. The molecular weight excluding hydrogens is 286 g/mol. The number of aromatic nitrogens is 2. The van der Waals surface area contributed by atoms with Crippen molar-refractivity contribution in [2.75, 3.05) is 24.6 Å². The van der Waals surface area contributed by atoms with Gasteiger partial charge in [0, 0.05) is 60.8 Å². The summed E-state index contributed by atoms with van der Waals surface area (Å²) in [6.07, 6.45) is 8.82. The number of hydrogen-bond donors (Lipinski definition) is 0. The van der Waals surface area contributed by atoms with Crippen molar-refractivity contribution < 1.29 is 9.00 Å². The molecule has 0 N–H and O–H groups in total. The van der Waals surface area contributed by atoms with E-state index in [4.69, 9.17) is 0 Å². The van der Waals surface area contributed by atoms with Gasteiger partial charge in [0.2, 0.25) is 5.91 Å².